The Hall–Kier alpha value is -2.45. The number of unbranched alkanes of at least 4 members (excludes halogenated alkanes) is 1. The third kappa shape index (κ3) is 3.74. The molecule has 0 N–H and O–H groups in total. The van der Waals surface area contributed by atoms with Crippen LogP contribution in [-0.2, 0) is 6.42 Å². The second-order valence-electron chi connectivity index (χ2n) is 6.42. The first-order valence-corrected chi connectivity index (χ1v) is 11.0. The van der Waals surface area contributed by atoms with Gasteiger partial charge in [0.05, 0.1) is 16.5 Å². The lowest BCUT2D eigenvalue weighted by Crippen LogP contribution is -2.21. The van der Waals surface area contributed by atoms with Crippen molar-refractivity contribution in [3.8, 4) is 5.69 Å². The first-order valence-electron chi connectivity index (χ1n) is 9.22. The number of aromatic nitrogens is 4. The molecule has 144 valence electrons. The highest BCUT2D eigenvalue weighted by atomic mass is 32.2. The lowest BCUT2D eigenvalue weighted by Gasteiger charge is -2.13. The van der Waals surface area contributed by atoms with E-state index in [0.29, 0.717) is 21.3 Å². The van der Waals surface area contributed by atoms with Crippen LogP contribution in [0.3, 0.4) is 0 Å². The zero-order valence-corrected chi connectivity index (χ0v) is 17.3. The molecule has 3 heterocycles. The van der Waals surface area contributed by atoms with Crippen molar-refractivity contribution in [1.29, 1.82) is 0 Å². The van der Waals surface area contributed by atoms with E-state index in [0.717, 1.165) is 30.8 Å². The Morgan fingerprint density at radius 3 is 2.82 bits per heavy atom. The Bertz CT molecular complexity index is 1130. The molecule has 4 rings (SSSR count). The summed E-state index contributed by atoms with van der Waals surface area (Å²) >= 11 is 2.86. The van der Waals surface area contributed by atoms with Crippen molar-refractivity contribution in [2.45, 2.75) is 43.5 Å². The van der Waals surface area contributed by atoms with Crippen molar-refractivity contribution in [2.24, 2.45) is 0 Å². The maximum Gasteiger partial charge on any atom is 0.276 e. The SMILES string of the molecule is CCCCc1noc([C@@H](C)Sc2nc3ccsc3c(=O)n2-c2ccccc2)n1. The van der Waals surface area contributed by atoms with Crippen molar-refractivity contribution in [3.63, 3.8) is 0 Å². The minimum absolute atomic E-state index is 0.0601. The molecule has 0 radical (unpaired) electrons. The first-order chi connectivity index (χ1) is 13.7. The Labute approximate surface area is 170 Å². The predicted octanol–water partition coefficient (Wildman–Crippen LogP) is 5.03. The number of fused-ring (bicyclic) bond motifs is 1. The number of hydrogen-bond acceptors (Lipinski definition) is 7. The minimum atomic E-state index is -0.124. The van der Waals surface area contributed by atoms with Crippen molar-refractivity contribution >= 4 is 33.3 Å². The number of hydrogen-bond donors (Lipinski definition) is 0. The molecular weight excluding hydrogens is 392 g/mol. The number of thiophene rings is 1. The van der Waals surface area contributed by atoms with Gasteiger partial charge in [-0.05, 0) is 36.9 Å². The minimum Gasteiger partial charge on any atom is -0.338 e. The molecule has 0 amide bonds. The molecule has 0 saturated carbocycles. The number of rotatable bonds is 7. The first kappa shape index (κ1) is 18.9. The summed E-state index contributed by atoms with van der Waals surface area (Å²) in [7, 11) is 0. The monoisotopic (exact) mass is 412 g/mol. The Kier molecular flexibility index (Phi) is 5.59. The highest BCUT2D eigenvalue weighted by molar-refractivity contribution is 7.99. The smallest absolute Gasteiger partial charge is 0.276 e. The fraction of sp³-hybridized carbons (Fsp3) is 0.300. The molecule has 0 fully saturated rings. The number of thioether (sulfide) groups is 1. The zero-order valence-electron chi connectivity index (χ0n) is 15.7. The van der Waals surface area contributed by atoms with Gasteiger partial charge in [-0.25, -0.2) is 4.98 Å². The van der Waals surface area contributed by atoms with Crippen LogP contribution in [0.1, 0.15) is 43.7 Å². The van der Waals surface area contributed by atoms with Gasteiger partial charge in [0.15, 0.2) is 11.0 Å². The molecule has 4 aromatic rings. The second-order valence-corrected chi connectivity index (χ2v) is 8.64. The molecule has 6 nitrogen and oxygen atoms in total. The fourth-order valence-electron chi connectivity index (χ4n) is 2.85. The van der Waals surface area contributed by atoms with E-state index in [2.05, 4.69) is 17.1 Å². The highest BCUT2D eigenvalue weighted by Crippen LogP contribution is 2.34. The third-order valence-electron chi connectivity index (χ3n) is 4.33. The van der Waals surface area contributed by atoms with Crippen LogP contribution in [0, 0.1) is 0 Å². The summed E-state index contributed by atoms with van der Waals surface area (Å²) in [5, 5.41) is 6.45. The van der Waals surface area contributed by atoms with Crippen LogP contribution in [-0.4, -0.2) is 19.7 Å². The van der Waals surface area contributed by atoms with Gasteiger partial charge >= 0.3 is 0 Å². The molecule has 0 aliphatic heterocycles. The molecule has 0 aliphatic carbocycles. The van der Waals surface area contributed by atoms with E-state index in [1.807, 2.05) is 48.7 Å². The topological polar surface area (TPSA) is 73.8 Å². The van der Waals surface area contributed by atoms with E-state index in [9.17, 15) is 4.79 Å². The van der Waals surface area contributed by atoms with Crippen LogP contribution in [0.5, 0.6) is 0 Å². The Morgan fingerprint density at radius 2 is 2.04 bits per heavy atom. The van der Waals surface area contributed by atoms with Gasteiger partial charge in [-0.15, -0.1) is 11.3 Å². The lowest BCUT2D eigenvalue weighted by molar-refractivity contribution is 0.374. The average Bonchev–Trinajstić information content (AvgIpc) is 3.37. The van der Waals surface area contributed by atoms with Gasteiger partial charge in [0.2, 0.25) is 5.89 Å². The molecule has 1 atom stereocenters. The summed E-state index contributed by atoms with van der Waals surface area (Å²) < 4.78 is 7.76. The van der Waals surface area contributed by atoms with E-state index < -0.39 is 0 Å². The number of para-hydroxylation sites is 1. The van der Waals surface area contributed by atoms with Gasteiger partial charge in [-0.3, -0.25) is 9.36 Å². The summed E-state index contributed by atoms with van der Waals surface area (Å²) in [6, 6.07) is 11.4. The molecule has 28 heavy (non-hydrogen) atoms. The van der Waals surface area contributed by atoms with Gasteiger partial charge in [0.25, 0.3) is 5.56 Å². The Balaban J connectivity index is 1.71. The largest absolute Gasteiger partial charge is 0.338 e. The Morgan fingerprint density at radius 1 is 1.21 bits per heavy atom. The van der Waals surface area contributed by atoms with Crippen LogP contribution in [0.4, 0.5) is 0 Å². The van der Waals surface area contributed by atoms with Crippen molar-refractivity contribution < 1.29 is 4.52 Å². The summed E-state index contributed by atoms with van der Waals surface area (Å²) in [4.78, 5) is 22.4. The van der Waals surface area contributed by atoms with E-state index in [1.165, 1.54) is 23.1 Å². The van der Waals surface area contributed by atoms with Crippen molar-refractivity contribution in [2.75, 3.05) is 0 Å². The quantitative estimate of drug-likeness (QED) is 0.313. The predicted molar refractivity (Wildman–Crippen MR) is 112 cm³/mol. The van der Waals surface area contributed by atoms with Crippen LogP contribution in [0.15, 0.2) is 56.3 Å². The molecule has 0 spiro atoms. The standard InChI is InChI=1S/C20H20N4O2S2/c1-3-4-10-16-22-18(26-23-16)13(2)28-20-21-15-11-12-27-17(15)19(25)24(20)14-8-6-5-7-9-14/h5-9,11-13H,3-4,10H2,1-2H3/t13-/m1/s1. The van der Waals surface area contributed by atoms with Crippen LogP contribution in [0.2, 0.25) is 0 Å². The number of benzene rings is 1. The molecule has 0 saturated heterocycles. The van der Waals surface area contributed by atoms with E-state index >= 15 is 0 Å². The van der Waals surface area contributed by atoms with Crippen LogP contribution >= 0.6 is 23.1 Å². The molecule has 0 unspecified atom stereocenters. The van der Waals surface area contributed by atoms with Crippen molar-refractivity contribution in [3.05, 3.63) is 63.8 Å². The zero-order chi connectivity index (χ0) is 19.5. The second kappa shape index (κ2) is 8.28. The molecule has 0 aliphatic rings. The van der Waals surface area contributed by atoms with Gasteiger partial charge in [0, 0.05) is 6.42 Å². The lowest BCUT2D eigenvalue weighted by atomic mass is 10.2. The van der Waals surface area contributed by atoms with E-state index in [-0.39, 0.29) is 10.8 Å². The van der Waals surface area contributed by atoms with Crippen LogP contribution in [0.25, 0.3) is 15.9 Å². The van der Waals surface area contributed by atoms with Crippen molar-refractivity contribution in [1.82, 2.24) is 19.7 Å². The fourth-order valence-corrected chi connectivity index (χ4v) is 4.57. The number of aryl methyl sites for hydroxylation is 1. The van der Waals surface area contributed by atoms with Gasteiger partial charge < -0.3 is 4.52 Å². The van der Waals surface area contributed by atoms with E-state index in [4.69, 9.17) is 9.51 Å². The summed E-state index contributed by atoms with van der Waals surface area (Å²) in [6.45, 7) is 4.12. The van der Waals surface area contributed by atoms with E-state index in [1.54, 1.807) is 4.57 Å². The number of nitrogens with zero attached hydrogens (tertiary/aromatic N) is 4. The molecule has 0 bridgehead atoms. The summed E-state index contributed by atoms with van der Waals surface area (Å²) in [6.07, 6.45) is 2.93. The van der Waals surface area contributed by atoms with Gasteiger partial charge in [-0.2, -0.15) is 4.98 Å². The third-order valence-corrected chi connectivity index (χ3v) is 6.26. The summed E-state index contributed by atoms with van der Waals surface area (Å²) in [5.41, 5.74) is 1.44. The van der Waals surface area contributed by atoms with Gasteiger partial charge in [0.1, 0.15) is 4.70 Å². The van der Waals surface area contributed by atoms with Crippen LogP contribution < -0.4 is 5.56 Å². The molecular formula is C20H20N4O2S2. The molecule has 1 aromatic carbocycles. The maximum atomic E-state index is 13.1. The molecule has 8 heteroatoms. The summed E-state index contributed by atoms with van der Waals surface area (Å²) in [5.74, 6) is 1.28. The highest BCUT2D eigenvalue weighted by Gasteiger charge is 2.21. The van der Waals surface area contributed by atoms with Gasteiger partial charge in [-0.1, -0.05) is 48.5 Å². The maximum absolute atomic E-state index is 13.1. The average molecular weight is 413 g/mol. The normalized spacial score (nSPS) is 12.5. The molecule has 3 aromatic heterocycles.